The number of para-hydroxylation sites is 1. The van der Waals surface area contributed by atoms with E-state index in [0.717, 1.165) is 11.3 Å². The number of urea groups is 1. The molecule has 2 aromatic carbocycles. The molecule has 1 aliphatic heterocycles. The minimum atomic E-state index is -0.655. The highest BCUT2D eigenvalue weighted by Crippen LogP contribution is 2.37. The number of halogens is 1. The number of aromatic nitrogens is 4. The summed E-state index contributed by atoms with van der Waals surface area (Å²) in [5.41, 5.74) is 2.25. The SMILES string of the molecule is CC(C)(C)OC(=O)Nc1cccc(N2C(=O)N(c3ccccc3)Cc3cnc(Nc4c[nH]nc4Cl)nc32)c1. The van der Waals surface area contributed by atoms with Crippen LogP contribution in [0.2, 0.25) is 5.15 Å². The molecule has 0 aliphatic carbocycles. The first-order valence-corrected chi connectivity index (χ1v) is 12.1. The summed E-state index contributed by atoms with van der Waals surface area (Å²) < 4.78 is 5.37. The molecule has 0 radical (unpaired) electrons. The number of rotatable bonds is 5. The summed E-state index contributed by atoms with van der Waals surface area (Å²) in [7, 11) is 0. The maximum atomic E-state index is 13.9. The standard InChI is InChI=1S/C26H25ClN8O3/c1-26(2,3)38-24(36)30-17-8-7-11-19(12-17)35-22-16(15-34(25(35)37)18-9-5-4-6-10-18)13-28-23(32-22)31-20-14-29-33-21(20)27/h4-14H,15H2,1-3H3,(H,29,33)(H,30,36)(H,28,31,32). The molecule has 194 valence electrons. The molecule has 3 heterocycles. The Labute approximate surface area is 223 Å². The molecule has 2 aromatic heterocycles. The zero-order valence-corrected chi connectivity index (χ0v) is 21.7. The van der Waals surface area contributed by atoms with Gasteiger partial charge in [0.15, 0.2) is 11.0 Å². The first-order valence-electron chi connectivity index (χ1n) is 11.8. The number of benzene rings is 2. The first kappa shape index (κ1) is 25.0. The molecule has 0 atom stereocenters. The van der Waals surface area contributed by atoms with Crippen molar-refractivity contribution < 1.29 is 14.3 Å². The van der Waals surface area contributed by atoms with Crippen LogP contribution in [0.15, 0.2) is 67.0 Å². The van der Waals surface area contributed by atoms with E-state index in [1.54, 1.807) is 62.3 Å². The Morgan fingerprint density at radius 3 is 2.58 bits per heavy atom. The molecule has 4 aromatic rings. The van der Waals surface area contributed by atoms with Crippen molar-refractivity contribution >= 4 is 58.2 Å². The second-order valence-electron chi connectivity index (χ2n) is 9.47. The maximum absolute atomic E-state index is 13.9. The van der Waals surface area contributed by atoms with Crippen molar-refractivity contribution in [3.8, 4) is 0 Å². The van der Waals surface area contributed by atoms with Gasteiger partial charge in [0.1, 0.15) is 5.60 Å². The monoisotopic (exact) mass is 532 g/mol. The van der Waals surface area contributed by atoms with Crippen LogP contribution < -0.4 is 20.4 Å². The topological polar surface area (TPSA) is 128 Å². The van der Waals surface area contributed by atoms with Gasteiger partial charge in [0, 0.05) is 29.3 Å². The number of amides is 3. The van der Waals surface area contributed by atoms with E-state index < -0.39 is 11.7 Å². The van der Waals surface area contributed by atoms with Crippen molar-refractivity contribution in [1.82, 2.24) is 20.2 Å². The van der Waals surface area contributed by atoms with Gasteiger partial charge in [-0.3, -0.25) is 15.3 Å². The molecule has 0 saturated carbocycles. The summed E-state index contributed by atoms with van der Waals surface area (Å²) >= 11 is 6.09. The van der Waals surface area contributed by atoms with Crippen LogP contribution >= 0.6 is 11.6 Å². The number of fused-ring (bicyclic) bond motifs is 1. The van der Waals surface area contributed by atoms with Crippen molar-refractivity contribution in [2.24, 2.45) is 0 Å². The third kappa shape index (κ3) is 5.37. The van der Waals surface area contributed by atoms with Crippen LogP contribution in [0.1, 0.15) is 26.3 Å². The largest absolute Gasteiger partial charge is 0.444 e. The van der Waals surface area contributed by atoms with E-state index in [0.29, 0.717) is 22.9 Å². The normalized spacial score (nSPS) is 13.2. The molecule has 5 rings (SSSR count). The van der Waals surface area contributed by atoms with Gasteiger partial charge in [-0.1, -0.05) is 35.9 Å². The van der Waals surface area contributed by atoms with E-state index in [9.17, 15) is 9.59 Å². The van der Waals surface area contributed by atoms with Crippen molar-refractivity contribution in [1.29, 1.82) is 0 Å². The van der Waals surface area contributed by atoms with Crippen LogP contribution in [-0.4, -0.2) is 37.9 Å². The van der Waals surface area contributed by atoms with Crippen LogP contribution in [0.5, 0.6) is 0 Å². The molecule has 3 N–H and O–H groups in total. The maximum Gasteiger partial charge on any atom is 0.412 e. The van der Waals surface area contributed by atoms with Crippen LogP contribution in [0.4, 0.5) is 44.1 Å². The average Bonchev–Trinajstić information content (AvgIpc) is 3.27. The van der Waals surface area contributed by atoms with Crippen molar-refractivity contribution in [2.45, 2.75) is 32.9 Å². The van der Waals surface area contributed by atoms with E-state index in [1.165, 1.54) is 4.90 Å². The first-order chi connectivity index (χ1) is 18.2. The Hall–Kier alpha value is -4.64. The molecule has 38 heavy (non-hydrogen) atoms. The number of hydrogen-bond acceptors (Lipinski definition) is 7. The quantitative estimate of drug-likeness (QED) is 0.278. The van der Waals surface area contributed by atoms with Gasteiger partial charge in [-0.05, 0) is 51.1 Å². The molecule has 0 fully saturated rings. The highest BCUT2D eigenvalue weighted by molar-refractivity contribution is 6.32. The molecule has 0 unspecified atom stereocenters. The van der Waals surface area contributed by atoms with E-state index in [1.807, 2.05) is 30.3 Å². The lowest BCUT2D eigenvalue weighted by molar-refractivity contribution is 0.0636. The number of ether oxygens (including phenoxy) is 1. The molecule has 3 amide bonds. The number of anilines is 6. The Morgan fingerprint density at radius 2 is 1.87 bits per heavy atom. The minimum Gasteiger partial charge on any atom is -0.444 e. The summed E-state index contributed by atoms with van der Waals surface area (Å²) in [4.78, 5) is 38.5. The van der Waals surface area contributed by atoms with Crippen LogP contribution in [0.3, 0.4) is 0 Å². The second kappa shape index (κ2) is 10.0. The Kier molecular flexibility index (Phi) is 6.60. The fraction of sp³-hybridized carbons (Fsp3) is 0.192. The summed E-state index contributed by atoms with van der Waals surface area (Å²) in [6.45, 7) is 5.63. The van der Waals surface area contributed by atoms with Gasteiger partial charge in [-0.2, -0.15) is 10.1 Å². The second-order valence-corrected chi connectivity index (χ2v) is 9.83. The molecule has 0 saturated heterocycles. The third-order valence-electron chi connectivity index (χ3n) is 5.46. The van der Waals surface area contributed by atoms with Gasteiger partial charge in [-0.15, -0.1) is 0 Å². The van der Waals surface area contributed by atoms with Crippen molar-refractivity contribution in [3.63, 3.8) is 0 Å². The molecule has 0 bridgehead atoms. The highest BCUT2D eigenvalue weighted by Gasteiger charge is 2.34. The lowest BCUT2D eigenvalue weighted by Gasteiger charge is -2.36. The lowest BCUT2D eigenvalue weighted by atomic mass is 10.1. The fourth-order valence-electron chi connectivity index (χ4n) is 3.88. The zero-order chi connectivity index (χ0) is 26.9. The Bertz CT molecular complexity index is 1490. The summed E-state index contributed by atoms with van der Waals surface area (Å²) in [5.74, 6) is 0.634. The third-order valence-corrected chi connectivity index (χ3v) is 5.75. The van der Waals surface area contributed by atoms with Crippen molar-refractivity contribution in [2.75, 3.05) is 20.4 Å². The van der Waals surface area contributed by atoms with Crippen molar-refractivity contribution in [3.05, 3.63) is 77.7 Å². The fourth-order valence-corrected chi connectivity index (χ4v) is 4.03. The predicted octanol–water partition coefficient (Wildman–Crippen LogP) is 6.22. The van der Waals surface area contributed by atoms with Gasteiger partial charge in [-0.25, -0.2) is 19.5 Å². The van der Waals surface area contributed by atoms with Gasteiger partial charge in [0.2, 0.25) is 5.95 Å². The smallest absolute Gasteiger partial charge is 0.412 e. The van der Waals surface area contributed by atoms with E-state index in [2.05, 4.69) is 30.8 Å². The summed E-state index contributed by atoms with van der Waals surface area (Å²) in [6, 6.07) is 15.9. The summed E-state index contributed by atoms with van der Waals surface area (Å²) in [6.07, 6.45) is 2.64. The lowest BCUT2D eigenvalue weighted by Crippen LogP contribution is -2.45. The van der Waals surface area contributed by atoms with Gasteiger partial charge in [0.05, 0.1) is 17.9 Å². The molecule has 1 aliphatic rings. The molecule has 0 spiro atoms. The molecule has 12 heteroatoms. The van der Waals surface area contributed by atoms with Gasteiger partial charge in [0.25, 0.3) is 0 Å². The molecular weight excluding hydrogens is 508 g/mol. The van der Waals surface area contributed by atoms with Crippen LogP contribution in [0.25, 0.3) is 0 Å². The van der Waals surface area contributed by atoms with E-state index in [-0.39, 0.29) is 23.7 Å². The zero-order valence-electron chi connectivity index (χ0n) is 20.9. The van der Waals surface area contributed by atoms with Gasteiger partial charge < -0.3 is 10.1 Å². The number of H-pyrrole nitrogens is 1. The van der Waals surface area contributed by atoms with E-state index in [4.69, 9.17) is 16.3 Å². The summed E-state index contributed by atoms with van der Waals surface area (Å²) in [5, 5.41) is 12.5. The van der Waals surface area contributed by atoms with Crippen LogP contribution in [0, 0.1) is 0 Å². The number of nitrogens with zero attached hydrogens (tertiary/aromatic N) is 5. The van der Waals surface area contributed by atoms with Gasteiger partial charge >= 0.3 is 12.1 Å². The minimum absolute atomic E-state index is 0.232. The molecule has 11 nitrogen and oxygen atoms in total. The van der Waals surface area contributed by atoms with Crippen LogP contribution in [-0.2, 0) is 11.3 Å². The number of hydrogen-bond donors (Lipinski definition) is 3. The molecular formula is C26H25ClN8O3. The Balaban J connectivity index is 1.54. The number of aromatic amines is 1. The Morgan fingerprint density at radius 1 is 1.11 bits per heavy atom. The highest BCUT2D eigenvalue weighted by atomic mass is 35.5. The average molecular weight is 533 g/mol. The number of nitrogens with one attached hydrogen (secondary N) is 3. The predicted molar refractivity (Wildman–Crippen MR) is 145 cm³/mol. The number of carbonyl (C=O) groups excluding carboxylic acids is 2. The van der Waals surface area contributed by atoms with E-state index >= 15 is 0 Å². The number of carbonyl (C=O) groups is 2.